The smallest absolute Gasteiger partial charge is 0.323 e. The van der Waals surface area contributed by atoms with Gasteiger partial charge in [0, 0.05) is 34.2 Å². The van der Waals surface area contributed by atoms with Crippen molar-refractivity contribution >= 4 is 51.6 Å². The minimum Gasteiger partial charge on any atom is -0.383 e. The Morgan fingerprint density at radius 2 is 1.72 bits per heavy atom. The summed E-state index contributed by atoms with van der Waals surface area (Å²) in [5.41, 5.74) is 8.51. The predicted molar refractivity (Wildman–Crippen MR) is 126 cm³/mol. The topological polar surface area (TPSA) is 115 Å². The molecule has 2 aromatic heterocycles. The average molecular weight is 449 g/mol. The number of nitrogens with one attached hydrogen (secondary N) is 2. The number of urea groups is 1. The summed E-state index contributed by atoms with van der Waals surface area (Å²) in [5, 5.41) is 6.46. The van der Waals surface area contributed by atoms with Crippen LogP contribution >= 0.6 is 11.6 Å². The fourth-order valence-corrected chi connectivity index (χ4v) is 3.62. The molecule has 0 fully saturated rings. The molecule has 2 aromatic carbocycles. The molecule has 8 nitrogen and oxygen atoms in total. The number of aromatic nitrogens is 3. The van der Waals surface area contributed by atoms with E-state index in [1.807, 2.05) is 18.4 Å². The number of nitrogens with two attached hydrogens (primary N) is 1. The first-order valence-electron chi connectivity index (χ1n) is 9.93. The molecule has 4 rings (SSSR count). The molecule has 2 heterocycles. The monoisotopic (exact) mass is 448 g/mol. The van der Waals surface area contributed by atoms with Crippen LogP contribution in [0.2, 0.25) is 5.02 Å². The number of nitrogen functional groups attached to an aromatic ring is 1. The molecule has 162 valence electrons. The molecule has 2 amide bonds. The van der Waals surface area contributed by atoms with E-state index in [0.717, 1.165) is 0 Å². The minimum atomic E-state index is -0.453. The molecule has 0 spiro atoms. The number of rotatable bonds is 5. The number of ketones is 1. The van der Waals surface area contributed by atoms with Crippen molar-refractivity contribution in [2.45, 2.75) is 19.9 Å². The highest BCUT2D eigenvalue weighted by Gasteiger charge is 2.21. The Morgan fingerprint density at radius 1 is 1.03 bits per heavy atom. The maximum absolute atomic E-state index is 13.3. The van der Waals surface area contributed by atoms with E-state index >= 15 is 0 Å². The van der Waals surface area contributed by atoms with E-state index in [1.54, 1.807) is 54.7 Å². The van der Waals surface area contributed by atoms with Gasteiger partial charge in [0.2, 0.25) is 0 Å². The molecule has 0 aliphatic rings. The number of amides is 2. The molecular formula is C23H21ClN6O2. The lowest BCUT2D eigenvalue weighted by atomic mass is 10.0. The van der Waals surface area contributed by atoms with Gasteiger partial charge < -0.3 is 20.9 Å². The largest absolute Gasteiger partial charge is 0.383 e. The number of hydrogen-bond donors (Lipinski definition) is 3. The van der Waals surface area contributed by atoms with Crippen molar-refractivity contribution in [3.05, 3.63) is 77.2 Å². The summed E-state index contributed by atoms with van der Waals surface area (Å²) in [4.78, 5) is 34.1. The summed E-state index contributed by atoms with van der Waals surface area (Å²) in [6, 6.07) is 13.1. The second kappa shape index (κ2) is 8.68. The van der Waals surface area contributed by atoms with Crippen molar-refractivity contribution in [2.24, 2.45) is 0 Å². The number of halogens is 1. The molecule has 0 atom stereocenters. The van der Waals surface area contributed by atoms with Gasteiger partial charge in [-0.1, -0.05) is 29.8 Å². The molecule has 0 aliphatic carbocycles. The highest BCUT2D eigenvalue weighted by atomic mass is 35.5. The Labute approximate surface area is 189 Å². The van der Waals surface area contributed by atoms with Crippen LogP contribution in [0, 0.1) is 0 Å². The van der Waals surface area contributed by atoms with Crippen molar-refractivity contribution in [2.75, 3.05) is 16.4 Å². The number of hydrogen-bond acceptors (Lipinski definition) is 5. The summed E-state index contributed by atoms with van der Waals surface area (Å²) in [7, 11) is 0. The van der Waals surface area contributed by atoms with Gasteiger partial charge in [0.1, 0.15) is 17.8 Å². The molecule has 0 unspecified atom stereocenters. The van der Waals surface area contributed by atoms with E-state index in [1.165, 1.54) is 6.33 Å². The van der Waals surface area contributed by atoms with Crippen molar-refractivity contribution in [3.63, 3.8) is 0 Å². The SMILES string of the molecule is CC(C)n1cc(C(=O)c2cccc(NC(=O)Nc3cccc(Cl)c3)c2)c2c(N)ncnc21. The Bertz CT molecular complexity index is 1330. The number of nitrogens with zero attached hydrogens (tertiary/aromatic N) is 3. The molecule has 4 N–H and O–H groups in total. The Balaban J connectivity index is 1.61. The van der Waals surface area contributed by atoms with Crippen LogP contribution in [0.25, 0.3) is 11.0 Å². The number of anilines is 3. The first kappa shape index (κ1) is 21.3. The minimum absolute atomic E-state index is 0.0801. The van der Waals surface area contributed by atoms with Crippen LogP contribution in [0.15, 0.2) is 61.1 Å². The van der Waals surface area contributed by atoms with E-state index in [9.17, 15) is 9.59 Å². The predicted octanol–water partition coefficient (Wildman–Crippen LogP) is 5.12. The van der Waals surface area contributed by atoms with E-state index in [0.29, 0.717) is 38.6 Å². The summed E-state index contributed by atoms with van der Waals surface area (Å²) < 4.78 is 1.89. The van der Waals surface area contributed by atoms with E-state index < -0.39 is 6.03 Å². The van der Waals surface area contributed by atoms with Crippen LogP contribution in [0.5, 0.6) is 0 Å². The van der Waals surface area contributed by atoms with Crippen LogP contribution in [-0.4, -0.2) is 26.3 Å². The Morgan fingerprint density at radius 3 is 2.41 bits per heavy atom. The van der Waals surface area contributed by atoms with Gasteiger partial charge in [0.05, 0.1) is 10.9 Å². The fraction of sp³-hybridized carbons (Fsp3) is 0.130. The van der Waals surface area contributed by atoms with Crippen LogP contribution in [0.1, 0.15) is 35.8 Å². The molecule has 0 radical (unpaired) electrons. The summed E-state index contributed by atoms with van der Waals surface area (Å²) in [6.45, 7) is 3.99. The summed E-state index contributed by atoms with van der Waals surface area (Å²) >= 11 is 5.95. The fourth-order valence-electron chi connectivity index (χ4n) is 3.43. The van der Waals surface area contributed by atoms with Gasteiger partial charge in [-0.3, -0.25) is 4.79 Å². The maximum Gasteiger partial charge on any atom is 0.323 e. The molecule has 4 aromatic rings. The van der Waals surface area contributed by atoms with Crippen molar-refractivity contribution < 1.29 is 9.59 Å². The lowest BCUT2D eigenvalue weighted by Gasteiger charge is -2.09. The molecule has 32 heavy (non-hydrogen) atoms. The van der Waals surface area contributed by atoms with Gasteiger partial charge in [0.25, 0.3) is 0 Å². The third kappa shape index (κ3) is 4.26. The first-order chi connectivity index (χ1) is 15.3. The third-order valence-corrected chi connectivity index (χ3v) is 5.14. The Hall–Kier alpha value is -3.91. The third-order valence-electron chi connectivity index (χ3n) is 4.90. The molecule has 0 saturated carbocycles. The van der Waals surface area contributed by atoms with Gasteiger partial charge >= 0.3 is 6.03 Å². The van der Waals surface area contributed by atoms with Gasteiger partial charge in [-0.05, 0) is 44.2 Å². The zero-order valence-corrected chi connectivity index (χ0v) is 18.2. The van der Waals surface area contributed by atoms with Gasteiger partial charge in [0.15, 0.2) is 5.78 Å². The second-order valence-corrected chi connectivity index (χ2v) is 7.94. The molecule has 0 bridgehead atoms. The zero-order valence-electron chi connectivity index (χ0n) is 17.5. The lowest BCUT2D eigenvalue weighted by molar-refractivity contribution is 0.104. The van der Waals surface area contributed by atoms with E-state index in [-0.39, 0.29) is 17.6 Å². The highest BCUT2D eigenvalue weighted by molar-refractivity contribution is 6.31. The highest BCUT2D eigenvalue weighted by Crippen LogP contribution is 2.29. The van der Waals surface area contributed by atoms with Crippen LogP contribution in [-0.2, 0) is 0 Å². The first-order valence-corrected chi connectivity index (χ1v) is 10.3. The number of carbonyl (C=O) groups excluding carboxylic acids is 2. The maximum atomic E-state index is 13.3. The van der Waals surface area contributed by atoms with Gasteiger partial charge in [-0.15, -0.1) is 0 Å². The number of fused-ring (bicyclic) bond motifs is 1. The normalized spacial score (nSPS) is 11.0. The van der Waals surface area contributed by atoms with Crippen LogP contribution < -0.4 is 16.4 Å². The second-order valence-electron chi connectivity index (χ2n) is 7.50. The average Bonchev–Trinajstić information content (AvgIpc) is 3.15. The molecule has 0 saturated heterocycles. The Kier molecular flexibility index (Phi) is 5.79. The molecule has 0 aliphatic heterocycles. The van der Waals surface area contributed by atoms with E-state index in [4.69, 9.17) is 17.3 Å². The van der Waals surface area contributed by atoms with Crippen LogP contribution in [0.4, 0.5) is 22.0 Å². The molecular weight excluding hydrogens is 428 g/mol. The summed E-state index contributed by atoms with van der Waals surface area (Å²) in [6.07, 6.45) is 3.13. The number of benzene rings is 2. The molecule has 9 heteroatoms. The number of carbonyl (C=O) groups is 2. The standard InChI is InChI=1S/C23H21ClN6O2/c1-13(2)30-11-18(19-21(25)26-12-27-22(19)30)20(31)14-5-3-7-16(9-14)28-23(32)29-17-8-4-6-15(24)10-17/h3-13H,1-2H3,(H2,25,26,27)(H2,28,29,32). The van der Waals surface area contributed by atoms with Gasteiger partial charge in [-0.25, -0.2) is 14.8 Å². The quantitative estimate of drug-likeness (QED) is 0.366. The lowest BCUT2D eigenvalue weighted by Crippen LogP contribution is -2.19. The summed E-state index contributed by atoms with van der Waals surface area (Å²) in [5.74, 6) is 0.00253. The zero-order chi connectivity index (χ0) is 22.8. The van der Waals surface area contributed by atoms with Crippen molar-refractivity contribution in [1.29, 1.82) is 0 Å². The van der Waals surface area contributed by atoms with Crippen molar-refractivity contribution in [1.82, 2.24) is 14.5 Å². The van der Waals surface area contributed by atoms with E-state index in [2.05, 4.69) is 20.6 Å². The van der Waals surface area contributed by atoms with Crippen molar-refractivity contribution in [3.8, 4) is 0 Å². The van der Waals surface area contributed by atoms with Gasteiger partial charge in [-0.2, -0.15) is 0 Å². The van der Waals surface area contributed by atoms with Crippen LogP contribution in [0.3, 0.4) is 0 Å².